The molecule has 5 nitrogen and oxygen atoms in total. The molecule has 18 heavy (non-hydrogen) atoms. The summed E-state index contributed by atoms with van der Waals surface area (Å²) in [7, 11) is 0. The van der Waals surface area contributed by atoms with Gasteiger partial charge in [-0.05, 0) is 13.8 Å². The Morgan fingerprint density at radius 2 is 2.22 bits per heavy atom. The number of rotatable bonds is 4. The zero-order chi connectivity index (χ0) is 13.1. The zero-order valence-electron chi connectivity index (χ0n) is 10.2. The Balaban J connectivity index is 1.96. The van der Waals surface area contributed by atoms with Crippen molar-refractivity contribution in [2.45, 2.75) is 26.8 Å². The number of aromatic nitrogens is 2. The Morgan fingerprint density at radius 1 is 1.44 bits per heavy atom. The molecule has 0 unspecified atom stereocenters. The average molecular weight is 282 g/mol. The molecular weight excluding hydrogens is 268 g/mol. The van der Waals surface area contributed by atoms with Gasteiger partial charge in [0.15, 0.2) is 5.13 Å². The van der Waals surface area contributed by atoms with Crippen LogP contribution in [0.1, 0.15) is 21.3 Å². The summed E-state index contributed by atoms with van der Waals surface area (Å²) in [6.07, 6.45) is 0.258. The van der Waals surface area contributed by atoms with Crippen LogP contribution in [-0.4, -0.2) is 15.9 Å². The lowest BCUT2D eigenvalue weighted by molar-refractivity contribution is -0.115. The summed E-state index contributed by atoms with van der Waals surface area (Å²) in [5.74, 6) is -0.0994. The summed E-state index contributed by atoms with van der Waals surface area (Å²) in [5, 5.41) is 6.13. The van der Waals surface area contributed by atoms with Crippen molar-refractivity contribution in [1.82, 2.24) is 9.97 Å². The normalized spacial score (nSPS) is 10.6. The van der Waals surface area contributed by atoms with E-state index in [2.05, 4.69) is 15.3 Å². The van der Waals surface area contributed by atoms with Crippen LogP contribution in [0, 0.1) is 13.8 Å². The fourth-order valence-electron chi connectivity index (χ4n) is 1.38. The van der Waals surface area contributed by atoms with Crippen LogP contribution < -0.4 is 11.1 Å². The van der Waals surface area contributed by atoms with Gasteiger partial charge < -0.3 is 11.1 Å². The molecule has 0 atom stereocenters. The van der Waals surface area contributed by atoms with E-state index in [1.54, 1.807) is 0 Å². The zero-order valence-corrected chi connectivity index (χ0v) is 11.8. The van der Waals surface area contributed by atoms with Crippen molar-refractivity contribution >= 4 is 33.7 Å². The van der Waals surface area contributed by atoms with Gasteiger partial charge in [0.1, 0.15) is 5.01 Å². The maximum absolute atomic E-state index is 11.8. The van der Waals surface area contributed by atoms with Crippen molar-refractivity contribution in [2.75, 3.05) is 5.32 Å². The molecular formula is C11H14N4OS2. The molecule has 0 aliphatic rings. The van der Waals surface area contributed by atoms with Gasteiger partial charge in [0, 0.05) is 16.8 Å². The molecule has 0 aliphatic carbocycles. The number of amides is 1. The number of carbonyl (C=O) groups is 1. The molecule has 0 saturated heterocycles. The molecule has 7 heteroatoms. The minimum atomic E-state index is -0.0994. The monoisotopic (exact) mass is 282 g/mol. The van der Waals surface area contributed by atoms with Crippen molar-refractivity contribution in [3.05, 3.63) is 26.7 Å². The molecule has 96 valence electrons. The fraction of sp³-hybridized carbons (Fsp3) is 0.364. The van der Waals surface area contributed by atoms with Crippen LogP contribution in [0.2, 0.25) is 0 Å². The number of aryl methyl sites for hydroxylation is 2. The van der Waals surface area contributed by atoms with E-state index < -0.39 is 0 Å². The highest BCUT2D eigenvalue weighted by Gasteiger charge is 2.10. The smallest absolute Gasteiger partial charge is 0.232 e. The summed E-state index contributed by atoms with van der Waals surface area (Å²) < 4.78 is 0. The number of nitrogens with zero attached hydrogens (tertiary/aromatic N) is 2. The van der Waals surface area contributed by atoms with E-state index in [-0.39, 0.29) is 12.3 Å². The van der Waals surface area contributed by atoms with E-state index in [4.69, 9.17) is 5.73 Å². The minimum absolute atomic E-state index is 0.0994. The van der Waals surface area contributed by atoms with Crippen LogP contribution in [0.3, 0.4) is 0 Å². The van der Waals surface area contributed by atoms with Crippen LogP contribution in [0.5, 0.6) is 0 Å². The second-order valence-electron chi connectivity index (χ2n) is 3.82. The Morgan fingerprint density at radius 3 is 2.78 bits per heavy atom. The number of hydrogen-bond donors (Lipinski definition) is 2. The Labute approximate surface area is 113 Å². The van der Waals surface area contributed by atoms with E-state index in [9.17, 15) is 4.79 Å². The molecule has 0 fully saturated rings. The first-order valence-corrected chi connectivity index (χ1v) is 7.15. The summed E-state index contributed by atoms with van der Waals surface area (Å²) in [5.41, 5.74) is 7.18. The number of anilines is 1. The van der Waals surface area contributed by atoms with Crippen LogP contribution in [0.15, 0.2) is 5.38 Å². The molecule has 0 aromatic carbocycles. The van der Waals surface area contributed by atoms with Crippen molar-refractivity contribution in [3.8, 4) is 0 Å². The first kappa shape index (κ1) is 13.1. The minimum Gasteiger partial charge on any atom is -0.325 e. The van der Waals surface area contributed by atoms with Crippen molar-refractivity contribution in [1.29, 1.82) is 0 Å². The van der Waals surface area contributed by atoms with Gasteiger partial charge in [-0.2, -0.15) is 0 Å². The molecule has 1 amide bonds. The highest BCUT2D eigenvalue weighted by atomic mass is 32.1. The number of hydrogen-bond acceptors (Lipinski definition) is 6. The molecule has 3 N–H and O–H groups in total. The highest BCUT2D eigenvalue weighted by Crippen LogP contribution is 2.21. The van der Waals surface area contributed by atoms with E-state index in [1.807, 2.05) is 19.2 Å². The maximum Gasteiger partial charge on any atom is 0.232 e. The van der Waals surface area contributed by atoms with Gasteiger partial charge in [0.25, 0.3) is 0 Å². The van der Waals surface area contributed by atoms with Gasteiger partial charge in [-0.3, -0.25) is 4.79 Å². The lowest BCUT2D eigenvalue weighted by Gasteiger charge is -1.98. The van der Waals surface area contributed by atoms with E-state index in [1.165, 1.54) is 22.7 Å². The summed E-state index contributed by atoms with van der Waals surface area (Å²) in [4.78, 5) is 21.4. The van der Waals surface area contributed by atoms with E-state index in [0.29, 0.717) is 11.7 Å². The van der Waals surface area contributed by atoms with Gasteiger partial charge in [-0.25, -0.2) is 9.97 Å². The Hall–Kier alpha value is -1.31. The van der Waals surface area contributed by atoms with Crippen LogP contribution in [-0.2, 0) is 17.8 Å². The lowest BCUT2D eigenvalue weighted by Crippen LogP contribution is -2.14. The molecule has 2 aromatic heterocycles. The molecule has 0 bridgehead atoms. The first-order valence-electron chi connectivity index (χ1n) is 5.45. The number of nitrogens with one attached hydrogen (secondary N) is 1. The third kappa shape index (κ3) is 3.12. The average Bonchev–Trinajstić information content (AvgIpc) is 2.87. The summed E-state index contributed by atoms with van der Waals surface area (Å²) >= 11 is 2.96. The summed E-state index contributed by atoms with van der Waals surface area (Å²) in [6, 6.07) is 0. The molecule has 0 spiro atoms. The van der Waals surface area contributed by atoms with Crippen molar-refractivity contribution < 1.29 is 4.79 Å². The Kier molecular flexibility index (Phi) is 4.05. The third-order valence-electron chi connectivity index (χ3n) is 2.39. The van der Waals surface area contributed by atoms with E-state index >= 15 is 0 Å². The Bertz CT molecular complexity index is 542. The molecule has 0 saturated carbocycles. The second-order valence-corrected chi connectivity index (χ2v) is 5.97. The van der Waals surface area contributed by atoms with Crippen molar-refractivity contribution in [3.63, 3.8) is 0 Å². The first-order chi connectivity index (χ1) is 8.58. The van der Waals surface area contributed by atoms with Crippen molar-refractivity contribution in [2.24, 2.45) is 5.73 Å². The van der Waals surface area contributed by atoms with Crippen LogP contribution in [0.4, 0.5) is 5.13 Å². The SMILES string of the molecule is Cc1nc(NC(=O)Cc2csc(CN)n2)sc1C. The van der Waals surface area contributed by atoms with Gasteiger partial charge in [-0.1, -0.05) is 0 Å². The predicted octanol–water partition coefficient (Wildman–Crippen LogP) is 1.86. The standard InChI is InChI=1S/C11H14N4OS2/c1-6-7(2)18-11(13-6)15-9(16)3-8-5-17-10(4-12)14-8/h5H,3-4,12H2,1-2H3,(H,13,15,16). The molecule has 2 aromatic rings. The molecule has 0 aliphatic heterocycles. The topological polar surface area (TPSA) is 80.9 Å². The van der Waals surface area contributed by atoms with Gasteiger partial charge >= 0.3 is 0 Å². The molecule has 2 heterocycles. The van der Waals surface area contributed by atoms with Crippen LogP contribution >= 0.6 is 22.7 Å². The fourth-order valence-corrected chi connectivity index (χ4v) is 2.88. The van der Waals surface area contributed by atoms with E-state index in [0.717, 1.165) is 21.3 Å². The quantitative estimate of drug-likeness (QED) is 0.897. The van der Waals surface area contributed by atoms with Gasteiger partial charge in [-0.15, -0.1) is 22.7 Å². The van der Waals surface area contributed by atoms with Gasteiger partial charge in [0.05, 0.1) is 17.8 Å². The maximum atomic E-state index is 11.8. The number of thiazole rings is 2. The largest absolute Gasteiger partial charge is 0.325 e. The summed E-state index contributed by atoms with van der Waals surface area (Å²) in [6.45, 7) is 4.32. The lowest BCUT2D eigenvalue weighted by atomic mass is 10.3. The molecule has 0 radical (unpaired) electrons. The molecule has 2 rings (SSSR count). The number of carbonyl (C=O) groups excluding carboxylic acids is 1. The number of nitrogens with two attached hydrogens (primary N) is 1. The predicted molar refractivity (Wildman–Crippen MR) is 73.9 cm³/mol. The second kappa shape index (κ2) is 5.55. The van der Waals surface area contributed by atoms with Gasteiger partial charge in [0.2, 0.25) is 5.91 Å². The third-order valence-corrected chi connectivity index (χ3v) is 4.30. The van der Waals surface area contributed by atoms with Crippen LogP contribution in [0.25, 0.3) is 0 Å². The highest BCUT2D eigenvalue weighted by molar-refractivity contribution is 7.15.